The van der Waals surface area contributed by atoms with Crippen LogP contribution >= 0.6 is 0 Å². The van der Waals surface area contributed by atoms with Crippen LogP contribution in [0.5, 0.6) is 0 Å². The summed E-state index contributed by atoms with van der Waals surface area (Å²) in [6.07, 6.45) is 13.9. The van der Waals surface area contributed by atoms with Gasteiger partial charge in [-0.15, -0.1) is 0 Å². The fourth-order valence-electron chi connectivity index (χ4n) is 7.78. The topological polar surface area (TPSA) is 0 Å². The van der Waals surface area contributed by atoms with Crippen molar-refractivity contribution in [1.29, 1.82) is 0 Å². The summed E-state index contributed by atoms with van der Waals surface area (Å²) < 4.78 is 0. The summed E-state index contributed by atoms with van der Waals surface area (Å²) in [7, 11) is 0. The number of allylic oxidation sites excluding steroid dienone is 3. The minimum atomic E-state index is 0.501. The molecule has 4 aliphatic carbocycles. The maximum Gasteiger partial charge on any atom is -0.00790 e. The van der Waals surface area contributed by atoms with Gasteiger partial charge in [-0.1, -0.05) is 51.5 Å². The molecule has 6 atom stereocenters. The lowest BCUT2D eigenvalue weighted by Crippen LogP contribution is -2.50. The van der Waals surface area contributed by atoms with E-state index in [0.29, 0.717) is 10.8 Å². The van der Waals surface area contributed by atoms with Crippen molar-refractivity contribution in [3.63, 3.8) is 0 Å². The highest BCUT2D eigenvalue weighted by Gasteiger charge is 2.58. The fourth-order valence-corrected chi connectivity index (χ4v) is 7.78. The van der Waals surface area contributed by atoms with Crippen molar-refractivity contribution in [3.8, 4) is 0 Å². The maximum atomic E-state index is 4.26. The Bertz CT molecular complexity index is 538. The van der Waals surface area contributed by atoms with Crippen LogP contribution in [0.25, 0.3) is 0 Å². The van der Waals surface area contributed by atoms with E-state index in [1.54, 1.807) is 5.57 Å². The van der Waals surface area contributed by atoms with Gasteiger partial charge in [0.15, 0.2) is 0 Å². The van der Waals surface area contributed by atoms with Crippen LogP contribution in [0.15, 0.2) is 23.8 Å². The molecule has 0 N–H and O–H groups in total. The molecule has 0 amide bonds. The highest BCUT2D eigenvalue weighted by molar-refractivity contribution is 5.33. The Hall–Kier alpha value is -0.520. The molecule has 0 heteroatoms. The van der Waals surface area contributed by atoms with Crippen molar-refractivity contribution in [2.45, 2.75) is 79.1 Å². The molecule has 0 spiro atoms. The second-order valence-electron chi connectivity index (χ2n) is 10.1. The Morgan fingerprint density at radius 1 is 1.00 bits per heavy atom. The fraction of sp³-hybridized carbons (Fsp3) is 0.826. The van der Waals surface area contributed by atoms with E-state index in [-0.39, 0.29) is 0 Å². The molecule has 3 fully saturated rings. The number of hydrogen-bond donors (Lipinski definition) is 0. The molecular formula is C23H36. The van der Waals surface area contributed by atoms with Gasteiger partial charge in [0.1, 0.15) is 0 Å². The third-order valence-electron chi connectivity index (χ3n) is 8.96. The van der Waals surface area contributed by atoms with Crippen LogP contribution in [0.3, 0.4) is 0 Å². The molecule has 0 saturated heterocycles. The third kappa shape index (κ3) is 2.16. The highest BCUT2D eigenvalue weighted by atomic mass is 14.6. The monoisotopic (exact) mass is 312 g/mol. The zero-order valence-electron chi connectivity index (χ0n) is 15.8. The molecular weight excluding hydrogens is 276 g/mol. The summed E-state index contributed by atoms with van der Waals surface area (Å²) >= 11 is 0. The maximum absolute atomic E-state index is 4.26. The lowest BCUT2D eigenvalue weighted by Gasteiger charge is -2.58. The Balaban J connectivity index is 1.66. The molecule has 0 aliphatic heterocycles. The second-order valence-corrected chi connectivity index (χ2v) is 10.1. The van der Waals surface area contributed by atoms with Crippen molar-refractivity contribution < 1.29 is 0 Å². The van der Waals surface area contributed by atoms with Gasteiger partial charge in [-0.3, -0.25) is 0 Å². The number of rotatable bonds is 1. The van der Waals surface area contributed by atoms with Crippen LogP contribution in [0.2, 0.25) is 0 Å². The number of hydrogen-bond acceptors (Lipinski definition) is 0. The zero-order valence-corrected chi connectivity index (χ0v) is 15.8. The highest BCUT2D eigenvalue weighted by Crippen LogP contribution is 2.67. The molecule has 0 radical (unpaired) electrons. The molecule has 3 saturated carbocycles. The quantitative estimate of drug-likeness (QED) is 0.500. The Morgan fingerprint density at radius 3 is 2.52 bits per heavy atom. The van der Waals surface area contributed by atoms with Gasteiger partial charge in [0.05, 0.1) is 0 Å². The standard InChI is InChI=1S/C23H36/c1-15(2)19-8-9-20-18-7-6-17-14-16(3)10-12-22(17,4)21(18)11-13-23(19,20)5/h14-15,18-21H,3,6-13H2,1-2,4-5H3. The SMILES string of the molecule is C=C1C=C2CCC3C(CCC4(C)C(C(C)C)CCC34)C2(C)CC1. The van der Waals surface area contributed by atoms with E-state index in [0.717, 1.165) is 29.6 Å². The summed E-state index contributed by atoms with van der Waals surface area (Å²) in [6.45, 7) is 14.5. The minimum Gasteiger partial charge on any atom is -0.0958 e. The Morgan fingerprint density at radius 2 is 1.78 bits per heavy atom. The minimum absolute atomic E-state index is 0.501. The van der Waals surface area contributed by atoms with Crippen molar-refractivity contribution in [2.24, 2.45) is 40.4 Å². The van der Waals surface area contributed by atoms with Crippen LogP contribution in [-0.4, -0.2) is 0 Å². The Kier molecular flexibility index (Phi) is 3.64. The summed E-state index contributed by atoms with van der Waals surface area (Å²) in [5.74, 6) is 4.82. The average molecular weight is 313 g/mol. The van der Waals surface area contributed by atoms with Crippen LogP contribution in [0.1, 0.15) is 79.1 Å². The molecule has 0 aromatic carbocycles. The largest absolute Gasteiger partial charge is 0.0958 e. The van der Waals surface area contributed by atoms with Gasteiger partial charge in [0, 0.05) is 0 Å². The van der Waals surface area contributed by atoms with E-state index >= 15 is 0 Å². The van der Waals surface area contributed by atoms with Gasteiger partial charge < -0.3 is 0 Å². The summed E-state index contributed by atoms with van der Waals surface area (Å²) in [5.41, 5.74) is 4.29. The van der Waals surface area contributed by atoms with Crippen LogP contribution < -0.4 is 0 Å². The van der Waals surface area contributed by atoms with Gasteiger partial charge in [-0.05, 0) is 91.8 Å². The smallest absolute Gasteiger partial charge is 0.00790 e. The predicted octanol–water partition coefficient (Wildman–Crippen LogP) is 6.78. The zero-order chi connectivity index (χ0) is 16.4. The van der Waals surface area contributed by atoms with Gasteiger partial charge in [-0.2, -0.15) is 0 Å². The molecule has 0 heterocycles. The second kappa shape index (κ2) is 5.24. The van der Waals surface area contributed by atoms with Crippen molar-refractivity contribution in [3.05, 3.63) is 23.8 Å². The predicted molar refractivity (Wildman–Crippen MR) is 99.2 cm³/mol. The molecule has 0 nitrogen and oxygen atoms in total. The molecule has 6 unspecified atom stereocenters. The molecule has 23 heavy (non-hydrogen) atoms. The van der Waals surface area contributed by atoms with Crippen molar-refractivity contribution in [2.75, 3.05) is 0 Å². The first-order valence-electron chi connectivity index (χ1n) is 10.2. The molecule has 128 valence electrons. The summed E-state index contributed by atoms with van der Waals surface area (Å²) in [4.78, 5) is 0. The van der Waals surface area contributed by atoms with Crippen LogP contribution in [0, 0.1) is 40.4 Å². The Labute approximate surface area is 143 Å². The molecule has 0 bridgehead atoms. The van der Waals surface area contributed by atoms with Crippen molar-refractivity contribution >= 4 is 0 Å². The van der Waals surface area contributed by atoms with E-state index in [1.807, 2.05) is 0 Å². The van der Waals surface area contributed by atoms with E-state index in [9.17, 15) is 0 Å². The van der Waals surface area contributed by atoms with Gasteiger partial charge in [0.25, 0.3) is 0 Å². The lowest BCUT2D eigenvalue weighted by molar-refractivity contribution is -0.0562. The normalized spacial score (nSPS) is 49.4. The van der Waals surface area contributed by atoms with Gasteiger partial charge in [-0.25, -0.2) is 0 Å². The molecule has 4 aliphatic rings. The van der Waals surface area contributed by atoms with E-state index in [1.165, 1.54) is 56.9 Å². The first kappa shape index (κ1) is 16.0. The van der Waals surface area contributed by atoms with Gasteiger partial charge in [0.2, 0.25) is 0 Å². The lowest BCUT2D eigenvalue weighted by atomic mass is 9.46. The summed E-state index contributed by atoms with van der Waals surface area (Å²) in [6, 6.07) is 0. The van der Waals surface area contributed by atoms with Crippen molar-refractivity contribution in [1.82, 2.24) is 0 Å². The van der Waals surface area contributed by atoms with E-state index < -0.39 is 0 Å². The first-order chi connectivity index (χ1) is 10.9. The van der Waals surface area contributed by atoms with Gasteiger partial charge >= 0.3 is 0 Å². The third-order valence-corrected chi connectivity index (χ3v) is 8.96. The van der Waals surface area contributed by atoms with E-state index in [4.69, 9.17) is 0 Å². The van der Waals surface area contributed by atoms with Crippen LogP contribution in [-0.2, 0) is 0 Å². The molecule has 4 rings (SSSR count). The average Bonchev–Trinajstić information content (AvgIpc) is 2.85. The first-order valence-corrected chi connectivity index (χ1v) is 10.2. The summed E-state index contributed by atoms with van der Waals surface area (Å²) in [5, 5.41) is 0. The molecule has 0 aromatic rings. The molecule has 0 aromatic heterocycles. The van der Waals surface area contributed by atoms with E-state index in [2.05, 4.69) is 40.3 Å². The van der Waals surface area contributed by atoms with Crippen LogP contribution in [0.4, 0.5) is 0 Å². The number of fused-ring (bicyclic) bond motifs is 5.